The molecule has 6 nitrogen and oxygen atoms in total. The molecule has 0 saturated heterocycles. The van der Waals surface area contributed by atoms with Crippen LogP contribution in [0.5, 0.6) is 5.75 Å². The quantitative estimate of drug-likeness (QED) is 0.646. The Hall–Kier alpha value is -2.89. The molecule has 24 heavy (non-hydrogen) atoms. The minimum Gasteiger partial charge on any atom is -0.494 e. The first-order valence-electron chi connectivity index (χ1n) is 7.71. The molecule has 6 heteroatoms. The third kappa shape index (κ3) is 3.90. The van der Waals surface area contributed by atoms with Crippen molar-refractivity contribution >= 4 is 11.6 Å². The van der Waals surface area contributed by atoms with Crippen molar-refractivity contribution < 1.29 is 14.5 Å². The average molecular weight is 328 g/mol. The van der Waals surface area contributed by atoms with Gasteiger partial charge in [-0.25, -0.2) is 0 Å². The van der Waals surface area contributed by atoms with E-state index < -0.39 is 4.92 Å². The van der Waals surface area contributed by atoms with Crippen molar-refractivity contribution in [2.24, 2.45) is 0 Å². The van der Waals surface area contributed by atoms with Gasteiger partial charge < -0.3 is 10.1 Å². The minimum absolute atomic E-state index is 0.0589. The Morgan fingerprint density at radius 3 is 2.50 bits per heavy atom. The molecule has 0 spiro atoms. The zero-order valence-corrected chi connectivity index (χ0v) is 13.9. The first-order valence-corrected chi connectivity index (χ1v) is 7.71. The maximum Gasteiger partial charge on any atom is 0.273 e. The molecule has 0 aliphatic carbocycles. The van der Waals surface area contributed by atoms with Crippen LogP contribution in [0.1, 0.15) is 41.4 Å². The number of carbonyl (C=O) groups is 1. The van der Waals surface area contributed by atoms with Gasteiger partial charge in [-0.3, -0.25) is 14.9 Å². The van der Waals surface area contributed by atoms with E-state index in [-0.39, 0.29) is 17.6 Å². The van der Waals surface area contributed by atoms with E-state index in [1.165, 1.54) is 12.1 Å². The molecule has 1 atom stereocenters. The molecule has 0 radical (unpaired) electrons. The van der Waals surface area contributed by atoms with Crippen LogP contribution in [-0.2, 0) is 0 Å². The number of amides is 1. The van der Waals surface area contributed by atoms with Crippen molar-refractivity contribution in [3.8, 4) is 5.75 Å². The minimum atomic E-state index is -0.484. The van der Waals surface area contributed by atoms with Gasteiger partial charge in [-0.1, -0.05) is 18.2 Å². The molecule has 1 N–H and O–H groups in total. The van der Waals surface area contributed by atoms with Gasteiger partial charge in [0, 0.05) is 17.2 Å². The van der Waals surface area contributed by atoms with Crippen molar-refractivity contribution in [2.45, 2.75) is 26.8 Å². The predicted octanol–water partition coefficient (Wildman–Crippen LogP) is 3.79. The monoisotopic (exact) mass is 328 g/mol. The molecule has 0 heterocycles. The second-order valence-electron chi connectivity index (χ2n) is 5.40. The van der Waals surface area contributed by atoms with Gasteiger partial charge in [-0.15, -0.1) is 0 Å². The second-order valence-corrected chi connectivity index (χ2v) is 5.40. The highest BCUT2D eigenvalue weighted by Gasteiger charge is 2.19. The summed E-state index contributed by atoms with van der Waals surface area (Å²) in [7, 11) is 0. The molecule has 0 aliphatic rings. The maximum atomic E-state index is 12.4. The molecule has 0 aromatic heterocycles. The maximum absolute atomic E-state index is 12.4. The molecule has 0 unspecified atom stereocenters. The summed E-state index contributed by atoms with van der Waals surface area (Å²) in [6.07, 6.45) is 0. The predicted molar refractivity (Wildman–Crippen MR) is 91.3 cm³/mol. The van der Waals surface area contributed by atoms with Crippen molar-refractivity contribution in [1.82, 2.24) is 5.32 Å². The van der Waals surface area contributed by atoms with Gasteiger partial charge in [0.2, 0.25) is 0 Å². The number of benzene rings is 2. The molecule has 2 aromatic carbocycles. The van der Waals surface area contributed by atoms with Crippen LogP contribution in [0, 0.1) is 17.0 Å². The lowest BCUT2D eigenvalue weighted by Gasteiger charge is -2.16. The van der Waals surface area contributed by atoms with Crippen LogP contribution >= 0.6 is 0 Å². The Morgan fingerprint density at radius 1 is 1.25 bits per heavy atom. The topological polar surface area (TPSA) is 81.5 Å². The zero-order valence-electron chi connectivity index (χ0n) is 13.9. The highest BCUT2D eigenvalue weighted by Crippen LogP contribution is 2.22. The van der Waals surface area contributed by atoms with E-state index in [9.17, 15) is 14.9 Å². The van der Waals surface area contributed by atoms with Crippen LogP contribution in [0.15, 0.2) is 42.5 Å². The Labute approximate surface area is 140 Å². The van der Waals surface area contributed by atoms with E-state index in [2.05, 4.69) is 5.32 Å². The number of nitrogens with zero attached hydrogens (tertiary/aromatic N) is 1. The fourth-order valence-corrected chi connectivity index (χ4v) is 2.44. The van der Waals surface area contributed by atoms with Crippen molar-refractivity contribution in [3.63, 3.8) is 0 Å². The van der Waals surface area contributed by atoms with Crippen molar-refractivity contribution in [2.75, 3.05) is 6.61 Å². The normalized spacial score (nSPS) is 11.6. The summed E-state index contributed by atoms with van der Waals surface area (Å²) in [5.74, 6) is 0.437. The first-order chi connectivity index (χ1) is 11.4. The van der Waals surface area contributed by atoms with E-state index in [1.807, 2.05) is 38.1 Å². The second kappa shape index (κ2) is 7.59. The smallest absolute Gasteiger partial charge is 0.273 e. The van der Waals surface area contributed by atoms with Gasteiger partial charge in [-0.05, 0) is 44.5 Å². The molecule has 0 bridgehead atoms. The van der Waals surface area contributed by atoms with Crippen LogP contribution in [0.3, 0.4) is 0 Å². The third-order valence-corrected chi connectivity index (χ3v) is 3.79. The van der Waals surface area contributed by atoms with Gasteiger partial charge in [0.1, 0.15) is 5.75 Å². The molecular weight excluding hydrogens is 308 g/mol. The van der Waals surface area contributed by atoms with Gasteiger partial charge in [0.15, 0.2) is 0 Å². The van der Waals surface area contributed by atoms with Crippen LogP contribution in [0.2, 0.25) is 0 Å². The lowest BCUT2D eigenvalue weighted by molar-refractivity contribution is -0.385. The molecule has 1 amide bonds. The summed E-state index contributed by atoms with van der Waals surface area (Å²) in [6, 6.07) is 11.7. The molecule has 2 aromatic rings. The number of ether oxygens (including phenoxy) is 1. The highest BCUT2D eigenvalue weighted by atomic mass is 16.6. The fourth-order valence-electron chi connectivity index (χ4n) is 2.44. The SMILES string of the molecule is CCOc1ccc([C@@H](C)NC(=O)c2cccc([N+](=O)[O-])c2C)cc1. The highest BCUT2D eigenvalue weighted by molar-refractivity contribution is 5.96. The van der Waals surface area contributed by atoms with Crippen LogP contribution in [0.4, 0.5) is 5.69 Å². The van der Waals surface area contributed by atoms with Gasteiger partial charge >= 0.3 is 0 Å². The van der Waals surface area contributed by atoms with E-state index in [4.69, 9.17) is 4.74 Å². The van der Waals surface area contributed by atoms with E-state index >= 15 is 0 Å². The van der Waals surface area contributed by atoms with Crippen LogP contribution in [0.25, 0.3) is 0 Å². The molecule has 0 saturated carbocycles. The van der Waals surface area contributed by atoms with Crippen LogP contribution < -0.4 is 10.1 Å². The molecule has 126 valence electrons. The summed E-state index contributed by atoms with van der Waals surface area (Å²) >= 11 is 0. The zero-order chi connectivity index (χ0) is 17.7. The molecular formula is C18H20N2O4. The summed E-state index contributed by atoms with van der Waals surface area (Å²) in [5, 5.41) is 13.9. The van der Waals surface area contributed by atoms with E-state index in [0.717, 1.165) is 11.3 Å². The summed E-state index contributed by atoms with van der Waals surface area (Å²) in [5.41, 5.74) is 1.53. The number of carbonyl (C=O) groups excluding carboxylic acids is 1. The first kappa shape index (κ1) is 17.5. The Kier molecular flexibility index (Phi) is 5.52. The molecule has 0 fully saturated rings. The van der Waals surface area contributed by atoms with E-state index in [0.29, 0.717) is 17.7 Å². The summed E-state index contributed by atoms with van der Waals surface area (Å²) in [6.45, 7) is 5.95. The number of nitro groups is 1. The number of hydrogen-bond acceptors (Lipinski definition) is 4. The number of nitro benzene ring substituents is 1. The Balaban J connectivity index is 2.14. The van der Waals surface area contributed by atoms with Crippen LogP contribution in [-0.4, -0.2) is 17.4 Å². The fraction of sp³-hybridized carbons (Fsp3) is 0.278. The number of hydrogen-bond donors (Lipinski definition) is 1. The lowest BCUT2D eigenvalue weighted by Crippen LogP contribution is -2.27. The average Bonchev–Trinajstić information content (AvgIpc) is 2.55. The molecule has 2 rings (SSSR count). The van der Waals surface area contributed by atoms with E-state index in [1.54, 1.807) is 13.0 Å². The number of rotatable bonds is 6. The lowest BCUT2D eigenvalue weighted by atomic mass is 10.0. The van der Waals surface area contributed by atoms with Gasteiger partial charge in [0.25, 0.3) is 11.6 Å². The van der Waals surface area contributed by atoms with Crippen molar-refractivity contribution in [1.29, 1.82) is 0 Å². The Bertz CT molecular complexity index is 741. The van der Waals surface area contributed by atoms with Crippen molar-refractivity contribution in [3.05, 3.63) is 69.3 Å². The standard InChI is InChI=1S/C18H20N2O4/c1-4-24-15-10-8-14(9-11-15)13(3)19-18(21)16-6-5-7-17(12(16)2)20(22)23/h5-11,13H,4H2,1-3H3,(H,19,21)/t13-/m1/s1. The Morgan fingerprint density at radius 2 is 1.92 bits per heavy atom. The third-order valence-electron chi connectivity index (χ3n) is 3.79. The summed E-state index contributed by atoms with van der Waals surface area (Å²) in [4.78, 5) is 22.9. The number of nitrogens with one attached hydrogen (secondary N) is 1. The van der Waals surface area contributed by atoms with Gasteiger partial charge in [0.05, 0.1) is 17.6 Å². The van der Waals surface area contributed by atoms with Gasteiger partial charge in [-0.2, -0.15) is 0 Å². The molecule has 0 aliphatic heterocycles. The summed E-state index contributed by atoms with van der Waals surface area (Å²) < 4.78 is 5.39. The largest absolute Gasteiger partial charge is 0.494 e.